The third kappa shape index (κ3) is 2.94. The first-order valence-electron chi connectivity index (χ1n) is 5.88. The highest BCUT2D eigenvalue weighted by Gasteiger charge is 2.16. The lowest BCUT2D eigenvalue weighted by molar-refractivity contribution is 0.414. The van der Waals surface area contributed by atoms with Crippen LogP contribution in [0.5, 0.6) is 5.75 Å². The van der Waals surface area contributed by atoms with E-state index in [1.165, 1.54) is 0 Å². The van der Waals surface area contributed by atoms with Gasteiger partial charge in [0.25, 0.3) is 0 Å². The summed E-state index contributed by atoms with van der Waals surface area (Å²) in [6.07, 6.45) is 0. The van der Waals surface area contributed by atoms with Gasteiger partial charge in [-0.1, -0.05) is 29.8 Å². The first-order chi connectivity index (χ1) is 9.04. The first kappa shape index (κ1) is 14.4. The predicted molar refractivity (Wildman–Crippen MR) is 82.9 cm³/mol. The van der Waals surface area contributed by atoms with Gasteiger partial charge in [-0.15, -0.1) is 0 Å². The van der Waals surface area contributed by atoms with Crippen molar-refractivity contribution < 1.29 is 4.74 Å². The van der Waals surface area contributed by atoms with E-state index in [0.717, 1.165) is 26.9 Å². The van der Waals surface area contributed by atoms with Crippen LogP contribution >= 0.6 is 27.5 Å². The number of halogens is 2. The smallest absolute Gasteiger partial charge is 0.119 e. The molecule has 0 heterocycles. The molecule has 0 radical (unpaired) electrons. The first-order valence-corrected chi connectivity index (χ1v) is 7.05. The van der Waals surface area contributed by atoms with Crippen molar-refractivity contribution in [1.29, 1.82) is 0 Å². The maximum atomic E-state index is 6.33. The molecule has 1 unspecified atom stereocenters. The number of ether oxygens (including phenoxy) is 1. The Labute approximate surface area is 126 Å². The van der Waals surface area contributed by atoms with Crippen LogP contribution in [-0.4, -0.2) is 7.11 Å². The van der Waals surface area contributed by atoms with Crippen molar-refractivity contribution in [3.05, 3.63) is 62.6 Å². The molecule has 0 aliphatic rings. The zero-order valence-corrected chi connectivity index (χ0v) is 13.1. The normalized spacial score (nSPS) is 12.3. The molecule has 0 aromatic heterocycles. The zero-order chi connectivity index (χ0) is 14.0. The highest BCUT2D eigenvalue weighted by Crippen LogP contribution is 2.33. The van der Waals surface area contributed by atoms with Crippen LogP contribution in [0.25, 0.3) is 0 Å². The summed E-state index contributed by atoms with van der Waals surface area (Å²) in [4.78, 5) is 0. The molecule has 0 bridgehead atoms. The number of aryl methyl sites for hydroxylation is 1. The molecule has 0 fully saturated rings. The molecule has 2 N–H and O–H groups in total. The lowest BCUT2D eigenvalue weighted by atomic mass is 9.95. The molecule has 2 nitrogen and oxygen atoms in total. The van der Waals surface area contributed by atoms with Crippen molar-refractivity contribution in [2.24, 2.45) is 5.73 Å². The minimum Gasteiger partial charge on any atom is -0.497 e. The van der Waals surface area contributed by atoms with E-state index in [-0.39, 0.29) is 6.04 Å². The van der Waals surface area contributed by atoms with E-state index in [0.29, 0.717) is 5.02 Å². The van der Waals surface area contributed by atoms with Crippen molar-refractivity contribution in [3.8, 4) is 5.75 Å². The van der Waals surface area contributed by atoms with Crippen LogP contribution in [0.4, 0.5) is 0 Å². The van der Waals surface area contributed by atoms with Crippen molar-refractivity contribution in [2.45, 2.75) is 13.0 Å². The zero-order valence-electron chi connectivity index (χ0n) is 10.8. The average molecular weight is 341 g/mol. The summed E-state index contributed by atoms with van der Waals surface area (Å²) in [5.41, 5.74) is 9.37. The monoisotopic (exact) mass is 339 g/mol. The molecule has 4 heteroatoms. The van der Waals surface area contributed by atoms with Crippen molar-refractivity contribution in [1.82, 2.24) is 0 Å². The highest BCUT2D eigenvalue weighted by atomic mass is 79.9. The Hall–Kier alpha value is -1.03. The van der Waals surface area contributed by atoms with E-state index in [1.54, 1.807) is 7.11 Å². The van der Waals surface area contributed by atoms with E-state index in [9.17, 15) is 0 Å². The van der Waals surface area contributed by atoms with E-state index in [4.69, 9.17) is 22.1 Å². The van der Waals surface area contributed by atoms with Crippen molar-refractivity contribution >= 4 is 27.5 Å². The molecule has 0 saturated heterocycles. The van der Waals surface area contributed by atoms with Crippen LogP contribution in [0.3, 0.4) is 0 Å². The molecule has 2 aromatic rings. The van der Waals surface area contributed by atoms with Gasteiger partial charge in [0.2, 0.25) is 0 Å². The van der Waals surface area contributed by atoms with Crippen LogP contribution in [0.15, 0.2) is 40.9 Å². The number of rotatable bonds is 3. The quantitative estimate of drug-likeness (QED) is 0.895. The fourth-order valence-electron chi connectivity index (χ4n) is 2.05. The van der Waals surface area contributed by atoms with Gasteiger partial charge in [-0.3, -0.25) is 0 Å². The second kappa shape index (κ2) is 5.95. The summed E-state index contributed by atoms with van der Waals surface area (Å²) >= 11 is 9.72. The van der Waals surface area contributed by atoms with Gasteiger partial charge < -0.3 is 10.5 Å². The van der Waals surface area contributed by atoms with Gasteiger partial charge in [0, 0.05) is 4.47 Å². The minimum absolute atomic E-state index is 0.254. The Kier molecular flexibility index (Phi) is 4.50. The van der Waals surface area contributed by atoms with Crippen molar-refractivity contribution in [2.75, 3.05) is 7.11 Å². The molecule has 100 valence electrons. The Morgan fingerprint density at radius 2 is 1.95 bits per heavy atom. The molecule has 1 atom stereocenters. The van der Waals surface area contributed by atoms with E-state index in [2.05, 4.69) is 15.9 Å². The fourth-order valence-corrected chi connectivity index (χ4v) is 2.68. The van der Waals surface area contributed by atoms with Crippen LogP contribution in [0, 0.1) is 6.92 Å². The molecular weight excluding hydrogens is 326 g/mol. The van der Waals surface area contributed by atoms with Gasteiger partial charge in [-0.2, -0.15) is 0 Å². The molecule has 2 rings (SSSR count). The van der Waals surface area contributed by atoms with E-state index < -0.39 is 0 Å². The van der Waals surface area contributed by atoms with Gasteiger partial charge in [-0.25, -0.2) is 0 Å². The third-order valence-electron chi connectivity index (χ3n) is 3.13. The van der Waals surface area contributed by atoms with Crippen LogP contribution < -0.4 is 10.5 Å². The highest BCUT2D eigenvalue weighted by molar-refractivity contribution is 9.10. The largest absolute Gasteiger partial charge is 0.497 e. The third-order valence-corrected chi connectivity index (χ3v) is 4.44. The summed E-state index contributed by atoms with van der Waals surface area (Å²) in [5.74, 6) is 0.828. The maximum absolute atomic E-state index is 6.33. The molecule has 0 aliphatic carbocycles. The number of hydrogen-bond donors (Lipinski definition) is 1. The van der Waals surface area contributed by atoms with Gasteiger partial charge in [-0.05, 0) is 57.7 Å². The summed E-state index contributed by atoms with van der Waals surface area (Å²) < 4.78 is 6.06. The Balaban J connectivity index is 2.44. The molecule has 0 spiro atoms. The second-order valence-corrected chi connectivity index (χ2v) is 5.58. The van der Waals surface area contributed by atoms with Crippen LogP contribution in [0.1, 0.15) is 22.7 Å². The number of nitrogens with two attached hydrogens (primary N) is 1. The Morgan fingerprint density at radius 1 is 1.21 bits per heavy atom. The van der Waals surface area contributed by atoms with Gasteiger partial charge in [0.1, 0.15) is 5.75 Å². The molecule has 19 heavy (non-hydrogen) atoms. The molecule has 0 saturated carbocycles. The molecule has 0 amide bonds. The number of methoxy groups -OCH3 is 1. The fraction of sp³-hybridized carbons (Fsp3) is 0.200. The van der Waals surface area contributed by atoms with Gasteiger partial charge in [0.15, 0.2) is 0 Å². The predicted octanol–water partition coefficient (Wildman–Crippen LogP) is 4.47. The average Bonchev–Trinajstić information content (AvgIpc) is 2.41. The summed E-state index contributed by atoms with van der Waals surface area (Å²) in [5, 5.41) is 0.658. The molecule has 0 aliphatic heterocycles. The Morgan fingerprint density at radius 3 is 2.58 bits per heavy atom. The summed E-state index contributed by atoms with van der Waals surface area (Å²) in [6, 6.07) is 11.4. The maximum Gasteiger partial charge on any atom is 0.119 e. The molecular formula is C15H15BrClNO. The number of benzene rings is 2. The minimum atomic E-state index is -0.254. The summed E-state index contributed by atoms with van der Waals surface area (Å²) in [7, 11) is 1.65. The van der Waals surface area contributed by atoms with Gasteiger partial charge in [0.05, 0.1) is 18.2 Å². The van der Waals surface area contributed by atoms with Crippen LogP contribution in [-0.2, 0) is 0 Å². The standard InChI is InChI=1S/C15H15BrClNO/c1-9-8-10(19-2)6-7-11(9)15(18)12-4-3-5-13(16)14(12)17/h3-8,15H,18H2,1-2H3. The molecule has 2 aromatic carbocycles. The lowest BCUT2D eigenvalue weighted by Gasteiger charge is -2.18. The summed E-state index contributed by atoms with van der Waals surface area (Å²) in [6.45, 7) is 2.02. The van der Waals surface area contributed by atoms with Crippen LogP contribution in [0.2, 0.25) is 5.02 Å². The van der Waals surface area contributed by atoms with E-state index in [1.807, 2.05) is 43.3 Å². The number of hydrogen-bond acceptors (Lipinski definition) is 2. The van der Waals surface area contributed by atoms with E-state index >= 15 is 0 Å². The van der Waals surface area contributed by atoms with Gasteiger partial charge >= 0.3 is 0 Å². The second-order valence-electron chi connectivity index (χ2n) is 4.34. The topological polar surface area (TPSA) is 35.2 Å². The SMILES string of the molecule is COc1ccc(C(N)c2cccc(Br)c2Cl)c(C)c1. The lowest BCUT2D eigenvalue weighted by Crippen LogP contribution is -2.14. The van der Waals surface area contributed by atoms with Crippen molar-refractivity contribution in [3.63, 3.8) is 0 Å². The Bertz CT molecular complexity index is 601.